The zero-order chi connectivity index (χ0) is 18.4. The molecule has 1 aliphatic heterocycles. The molecule has 0 aliphatic carbocycles. The highest BCUT2D eigenvalue weighted by Gasteiger charge is 2.36. The molecule has 2 aromatic rings. The number of likely N-dealkylation sites (N-methyl/N-ethyl adjacent to an activating group) is 1. The second-order valence-corrected chi connectivity index (χ2v) is 7.29. The van der Waals surface area contributed by atoms with E-state index in [4.69, 9.17) is 0 Å². The van der Waals surface area contributed by atoms with E-state index in [9.17, 15) is 9.90 Å². The molecule has 1 saturated heterocycles. The first-order chi connectivity index (χ1) is 12.5. The Bertz CT molecular complexity index is 689. The van der Waals surface area contributed by atoms with Gasteiger partial charge in [0.2, 0.25) is 5.91 Å². The highest BCUT2D eigenvalue weighted by Crippen LogP contribution is 2.26. The van der Waals surface area contributed by atoms with Gasteiger partial charge in [-0.15, -0.1) is 0 Å². The van der Waals surface area contributed by atoms with Crippen molar-refractivity contribution in [2.45, 2.75) is 38.0 Å². The Morgan fingerprint density at radius 3 is 2.85 bits per heavy atom. The van der Waals surface area contributed by atoms with Crippen LogP contribution < -0.4 is 0 Å². The molecule has 1 N–H and O–H groups in total. The molecule has 1 aromatic carbocycles. The number of likely N-dealkylation sites (tertiary alicyclic amines) is 1. The number of β-amino-alcohol motifs (C(OH)–C–C–N with tert-alkyl or cyclic N) is 1. The maximum atomic E-state index is 12.6. The zero-order valence-electron chi connectivity index (χ0n) is 15.4. The van der Waals surface area contributed by atoms with Gasteiger partial charge >= 0.3 is 0 Å². The summed E-state index contributed by atoms with van der Waals surface area (Å²) in [6, 6.07) is 12.1. The Morgan fingerprint density at radius 1 is 1.31 bits per heavy atom. The summed E-state index contributed by atoms with van der Waals surface area (Å²) in [4.78, 5) is 16.5. The molecule has 140 valence electrons. The second kappa shape index (κ2) is 8.47. The van der Waals surface area contributed by atoms with Gasteiger partial charge in [0.05, 0.1) is 18.6 Å². The van der Waals surface area contributed by atoms with Gasteiger partial charge in [0.25, 0.3) is 0 Å². The summed E-state index contributed by atoms with van der Waals surface area (Å²) in [6.07, 6.45) is 5.38. The first-order valence-electron chi connectivity index (χ1n) is 9.24. The van der Waals surface area contributed by atoms with Crippen LogP contribution in [0, 0.1) is 0 Å². The molecule has 6 nitrogen and oxygen atoms in total. The Balaban J connectivity index is 1.51. The van der Waals surface area contributed by atoms with Crippen LogP contribution in [-0.2, 0) is 17.9 Å². The van der Waals surface area contributed by atoms with E-state index < -0.39 is 5.60 Å². The lowest BCUT2D eigenvalue weighted by atomic mass is 9.89. The van der Waals surface area contributed by atoms with Crippen molar-refractivity contribution < 1.29 is 9.90 Å². The minimum absolute atomic E-state index is 0.0128. The minimum atomic E-state index is -0.940. The summed E-state index contributed by atoms with van der Waals surface area (Å²) in [6.45, 7) is 3.56. The zero-order valence-corrected chi connectivity index (χ0v) is 15.4. The summed E-state index contributed by atoms with van der Waals surface area (Å²) in [5.74, 6) is -0.0128. The van der Waals surface area contributed by atoms with Crippen molar-refractivity contribution in [2.24, 2.45) is 0 Å². The van der Waals surface area contributed by atoms with Crippen LogP contribution >= 0.6 is 0 Å². The lowest BCUT2D eigenvalue weighted by Crippen LogP contribution is -2.50. The third-order valence-corrected chi connectivity index (χ3v) is 5.01. The number of aliphatic hydroxyl groups is 1. The number of hydrogen-bond acceptors (Lipinski definition) is 4. The normalized spacial score (nSPS) is 20.8. The fourth-order valence-corrected chi connectivity index (χ4v) is 3.55. The van der Waals surface area contributed by atoms with Crippen LogP contribution in [0.5, 0.6) is 0 Å². The maximum absolute atomic E-state index is 12.6. The van der Waals surface area contributed by atoms with Crippen LogP contribution in [0.2, 0.25) is 0 Å². The monoisotopic (exact) mass is 356 g/mol. The van der Waals surface area contributed by atoms with Crippen molar-refractivity contribution in [1.29, 1.82) is 0 Å². The minimum Gasteiger partial charge on any atom is -0.388 e. The van der Waals surface area contributed by atoms with E-state index >= 15 is 0 Å². The molecule has 1 amide bonds. The fourth-order valence-electron chi connectivity index (χ4n) is 3.55. The molecule has 1 aliphatic rings. The van der Waals surface area contributed by atoms with Crippen LogP contribution in [0.25, 0.3) is 0 Å². The first-order valence-corrected chi connectivity index (χ1v) is 9.24. The molecule has 1 atom stereocenters. The summed E-state index contributed by atoms with van der Waals surface area (Å²) >= 11 is 0. The van der Waals surface area contributed by atoms with Crippen molar-refractivity contribution in [3.05, 3.63) is 54.4 Å². The third-order valence-electron chi connectivity index (χ3n) is 5.01. The number of benzene rings is 1. The van der Waals surface area contributed by atoms with Crippen molar-refractivity contribution in [2.75, 3.05) is 26.7 Å². The quantitative estimate of drug-likeness (QED) is 0.821. The summed E-state index contributed by atoms with van der Waals surface area (Å²) in [5.41, 5.74) is 0.295. The fraction of sp³-hybridized carbons (Fsp3) is 0.500. The lowest BCUT2D eigenvalue weighted by molar-refractivity contribution is -0.138. The molecule has 0 radical (unpaired) electrons. The summed E-state index contributed by atoms with van der Waals surface area (Å²) < 4.78 is 1.81. The molecular formula is C20H28N4O2. The molecule has 0 saturated carbocycles. The van der Waals surface area contributed by atoms with E-state index in [1.165, 1.54) is 5.56 Å². The predicted octanol–water partition coefficient (Wildman–Crippen LogP) is 1.76. The standard InChI is InChI=1S/C20H28N4O2/c1-22(13-14-24-12-6-10-21-24)19(25)15-20(26)9-5-11-23(17-20)16-18-7-3-2-4-8-18/h2-4,6-8,10,12,26H,5,9,11,13-17H2,1H3. The van der Waals surface area contributed by atoms with Crippen molar-refractivity contribution in [3.8, 4) is 0 Å². The van der Waals surface area contributed by atoms with Crippen LogP contribution in [0.1, 0.15) is 24.8 Å². The van der Waals surface area contributed by atoms with Gasteiger partial charge in [-0.3, -0.25) is 14.4 Å². The van der Waals surface area contributed by atoms with Crippen molar-refractivity contribution >= 4 is 5.91 Å². The molecule has 1 unspecified atom stereocenters. The Kier molecular flexibility index (Phi) is 6.06. The number of hydrogen-bond donors (Lipinski definition) is 1. The molecule has 3 rings (SSSR count). The summed E-state index contributed by atoms with van der Waals surface area (Å²) in [5, 5.41) is 15.1. The molecular weight excluding hydrogens is 328 g/mol. The molecule has 0 spiro atoms. The van der Waals surface area contributed by atoms with Gasteiger partial charge in [-0.25, -0.2) is 0 Å². The van der Waals surface area contributed by atoms with Gasteiger partial charge in [0, 0.05) is 39.1 Å². The number of nitrogens with zero attached hydrogens (tertiary/aromatic N) is 4. The Hall–Kier alpha value is -2.18. The first kappa shape index (κ1) is 18.6. The van der Waals surface area contributed by atoms with Gasteiger partial charge in [0.15, 0.2) is 0 Å². The molecule has 6 heteroatoms. The maximum Gasteiger partial charge on any atom is 0.225 e. The van der Waals surface area contributed by atoms with E-state index in [0.717, 1.165) is 19.5 Å². The number of amides is 1. The van der Waals surface area contributed by atoms with Gasteiger partial charge in [-0.1, -0.05) is 30.3 Å². The molecule has 2 heterocycles. The van der Waals surface area contributed by atoms with E-state index in [0.29, 0.717) is 26.1 Å². The van der Waals surface area contributed by atoms with E-state index in [1.807, 2.05) is 30.5 Å². The Labute approximate surface area is 155 Å². The van der Waals surface area contributed by atoms with Crippen LogP contribution in [-0.4, -0.2) is 62.9 Å². The average molecular weight is 356 g/mol. The molecule has 1 fully saturated rings. The summed E-state index contributed by atoms with van der Waals surface area (Å²) in [7, 11) is 1.79. The van der Waals surface area contributed by atoms with E-state index in [-0.39, 0.29) is 12.3 Å². The molecule has 0 bridgehead atoms. The number of piperidine rings is 1. The number of rotatable bonds is 7. The Morgan fingerprint density at radius 2 is 2.12 bits per heavy atom. The number of carbonyl (C=O) groups is 1. The molecule has 1 aromatic heterocycles. The van der Waals surface area contributed by atoms with Crippen LogP contribution in [0.4, 0.5) is 0 Å². The largest absolute Gasteiger partial charge is 0.388 e. The predicted molar refractivity (Wildman–Crippen MR) is 100 cm³/mol. The van der Waals surface area contributed by atoms with Crippen molar-refractivity contribution in [1.82, 2.24) is 19.6 Å². The van der Waals surface area contributed by atoms with Gasteiger partial charge < -0.3 is 10.0 Å². The third kappa shape index (κ3) is 5.16. The van der Waals surface area contributed by atoms with Crippen LogP contribution in [0.3, 0.4) is 0 Å². The lowest BCUT2D eigenvalue weighted by Gasteiger charge is -2.39. The van der Waals surface area contributed by atoms with Gasteiger partial charge in [-0.05, 0) is 31.0 Å². The second-order valence-electron chi connectivity index (χ2n) is 7.29. The van der Waals surface area contributed by atoms with Crippen LogP contribution in [0.15, 0.2) is 48.8 Å². The number of aromatic nitrogens is 2. The average Bonchev–Trinajstić information content (AvgIpc) is 3.13. The van der Waals surface area contributed by atoms with Crippen molar-refractivity contribution in [3.63, 3.8) is 0 Å². The molecule has 26 heavy (non-hydrogen) atoms. The highest BCUT2D eigenvalue weighted by molar-refractivity contribution is 5.77. The SMILES string of the molecule is CN(CCn1cccn1)C(=O)CC1(O)CCCN(Cc2ccccc2)C1. The number of carbonyl (C=O) groups excluding carboxylic acids is 1. The topological polar surface area (TPSA) is 61.6 Å². The van der Waals surface area contributed by atoms with E-state index in [2.05, 4.69) is 22.1 Å². The van der Waals surface area contributed by atoms with Gasteiger partial charge in [-0.2, -0.15) is 5.10 Å². The smallest absolute Gasteiger partial charge is 0.225 e. The van der Waals surface area contributed by atoms with Gasteiger partial charge in [0.1, 0.15) is 0 Å². The highest BCUT2D eigenvalue weighted by atomic mass is 16.3. The van der Waals surface area contributed by atoms with E-state index in [1.54, 1.807) is 22.8 Å².